The fraction of sp³-hybridized carbons (Fsp3) is 0.0714. The Bertz CT molecular complexity index is 701. The van der Waals surface area contributed by atoms with Gasteiger partial charge in [0.2, 0.25) is 0 Å². The topological polar surface area (TPSA) is 23.8 Å². The fourth-order valence-electron chi connectivity index (χ4n) is 1.72. The Balaban J connectivity index is 2.65. The summed E-state index contributed by atoms with van der Waals surface area (Å²) < 4.78 is 51.2. The number of nitrogens with zero attached hydrogens (tertiary/aromatic N) is 1. The van der Waals surface area contributed by atoms with E-state index >= 15 is 0 Å². The molecule has 0 unspecified atom stereocenters. The van der Waals surface area contributed by atoms with E-state index in [1.807, 2.05) is 0 Å². The predicted octanol–water partition coefficient (Wildman–Crippen LogP) is 5.04. The molecule has 0 N–H and O–H groups in total. The minimum atomic E-state index is -4.52. The van der Waals surface area contributed by atoms with Gasteiger partial charge in [-0.25, -0.2) is 4.39 Å². The molecule has 0 radical (unpaired) electrons. The van der Waals surface area contributed by atoms with Gasteiger partial charge in [-0.3, -0.25) is 0 Å². The molecule has 0 aliphatic heterocycles. The van der Waals surface area contributed by atoms with E-state index in [1.54, 1.807) is 6.07 Å². The van der Waals surface area contributed by atoms with Crippen molar-refractivity contribution in [3.63, 3.8) is 0 Å². The predicted molar refractivity (Wildman–Crippen MR) is 66.6 cm³/mol. The normalized spacial score (nSPS) is 11.2. The Morgan fingerprint density at radius 3 is 2.30 bits per heavy atom. The van der Waals surface area contributed by atoms with Gasteiger partial charge in [-0.2, -0.15) is 18.4 Å². The summed E-state index contributed by atoms with van der Waals surface area (Å²) in [6, 6.07) is 8.06. The Kier molecular flexibility index (Phi) is 3.69. The van der Waals surface area contributed by atoms with Crippen LogP contribution in [-0.4, -0.2) is 0 Å². The first-order valence-corrected chi connectivity index (χ1v) is 5.77. The van der Waals surface area contributed by atoms with E-state index in [2.05, 4.69) is 0 Å². The number of hydrogen-bond acceptors (Lipinski definition) is 1. The molecule has 2 aromatic carbocycles. The second-order valence-corrected chi connectivity index (χ2v) is 4.41. The zero-order valence-corrected chi connectivity index (χ0v) is 10.6. The van der Waals surface area contributed by atoms with Crippen LogP contribution in [0.25, 0.3) is 11.1 Å². The summed E-state index contributed by atoms with van der Waals surface area (Å²) in [5.74, 6) is -0.680. The Hall–Kier alpha value is -2.06. The van der Waals surface area contributed by atoms with Gasteiger partial charge >= 0.3 is 6.18 Å². The summed E-state index contributed by atoms with van der Waals surface area (Å²) >= 11 is 5.61. The molecule has 0 heterocycles. The number of alkyl halides is 3. The number of halogens is 5. The highest BCUT2D eigenvalue weighted by Crippen LogP contribution is 2.34. The van der Waals surface area contributed by atoms with Crippen LogP contribution in [0.2, 0.25) is 5.02 Å². The van der Waals surface area contributed by atoms with E-state index in [4.69, 9.17) is 16.9 Å². The lowest BCUT2D eigenvalue weighted by atomic mass is 9.97. The zero-order chi connectivity index (χ0) is 14.9. The van der Waals surface area contributed by atoms with Crippen LogP contribution in [0.1, 0.15) is 11.1 Å². The Labute approximate surface area is 117 Å². The molecule has 0 aliphatic carbocycles. The number of hydrogen-bond donors (Lipinski definition) is 0. The first-order valence-electron chi connectivity index (χ1n) is 5.39. The first-order chi connectivity index (χ1) is 9.32. The molecule has 0 amide bonds. The SMILES string of the molecule is N#Cc1ccc(C(F)(F)F)cc1-c1ccc(F)c(Cl)c1. The van der Waals surface area contributed by atoms with Crippen LogP contribution in [0.5, 0.6) is 0 Å². The molecule has 0 fully saturated rings. The van der Waals surface area contributed by atoms with Crippen molar-refractivity contribution in [1.29, 1.82) is 5.26 Å². The second kappa shape index (κ2) is 5.14. The highest BCUT2D eigenvalue weighted by molar-refractivity contribution is 6.31. The van der Waals surface area contributed by atoms with Crippen LogP contribution in [0.4, 0.5) is 17.6 Å². The Morgan fingerprint density at radius 1 is 1.05 bits per heavy atom. The maximum atomic E-state index is 13.1. The van der Waals surface area contributed by atoms with E-state index in [-0.39, 0.29) is 21.7 Å². The number of benzene rings is 2. The van der Waals surface area contributed by atoms with Crippen molar-refractivity contribution < 1.29 is 17.6 Å². The molecule has 6 heteroatoms. The zero-order valence-electron chi connectivity index (χ0n) is 9.80. The lowest BCUT2D eigenvalue weighted by Crippen LogP contribution is -2.05. The third-order valence-electron chi connectivity index (χ3n) is 2.70. The third-order valence-corrected chi connectivity index (χ3v) is 2.99. The molecule has 0 spiro atoms. The van der Waals surface area contributed by atoms with Crippen LogP contribution in [0.3, 0.4) is 0 Å². The van der Waals surface area contributed by atoms with Crippen LogP contribution in [0, 0.1) is 17.1 Å². The summed E-state index contributed by atoms with van der Waals surface area (Å²) in [4.78, 5) is 0. The second-order valence-electron chi connectivity index (χ2n) is 4.00. The largest absolute Gasteiger partial charge is 0.416 e. The average Bonchev–Trinajstić information content (AvgIpc) is 2.40. The molecule has 0 atom stereocenters. The van der Waals surface area contributed by atoms with Gasteiger partial charge in [0.25, 0.3) is 0 Å². The molecule has 2 rings (SSSR count). The lowest BCUT2D eigenvalue weighted by molar-refractivity contribution is -0.137. The summed E-state index contributed by atoms with van der Waals surface area (Å²) in [7, 11) is 0. The van der Waals surface area contributed by atoms with Crippen molar-refractivity contribution in [3.8, 4) is 17.2 Å². The van der Waals surface area contributed by atoms with Gasteiger partial charge in [-0.15, -0.1) is 0 Å². The van der Waals surface area contributed by atoms with E-state index < -0.39 is 17.6 Å². The van der Waals surface area contributed by atoms with Gasteiger partial charge in [0.05, 0.1) is 22.2 Å². The molecule has 1 nitrogen and oxygen atoms in total. The molecule has 0 aliphatic rings. The molecule has 0 aromatic heterocycles. The number of rotatable bonds is 1. The van der Waals surface area contributed by atoms with Gasteiger partial charge in [0, 0.05) is 5.56 Å². The van der Waals surface area contributed by atoms with E-state index in [9.17, 15) is 17.6 Å². The number of nitriles is 1. The standard InChI is InChI=1S/C14H6ClF4N/c15-12-5-8(2-4-13(12)16)11-6-10(14(17,18)19)3-1-9(11)7-20/h1-6H. The van der Waals surface area contributed by atoms with Gasteiger partial charge < -0.3 is 0 Å². The van der Waals surface area contributed by atoms with Gasteiger partial charge in [0.15, 0.2) is 0 Å². The minimum Gasteiger partial charge on any atom is -0.205 e. The molecule has 0 bridgehead atoms. The minimum absolute atomic E-state index is 0.0562. The first kappa shape index (κ1) is 14.4. The smallest absolute Gasteiger partial charge is 0.205 e. The maximum Gasteiger partial charge on any atom is 0.416 e. The van der Waals surface area contributed by atoms with Crippen LogP contribution >= 0.6 is 11.6 Å². The van der Waals surface area contributed by atoms with E-state index in [1.165, 1.54) is 12.1 Å². The fourth-order valence-corrected chi connectivity index (χ4v) is 1.90. The van der Waals surface area contributed by atoms with E-state index in [0.717, 1.165) is 24.3 Å². The summed E-state index contributed by atoms with van der Waals surface area (Å²) in [5, 5.41) is 8.74. The monoisotopic (exact) mass is 299 g/mol. The molecule has 20 heavy (non-hydrogen) atoms. The van der Waals surface area contributed by atoms with Gasteiger partial charge in [-0.1, -0.05) is 17.7 Å². The van der Waals surface area contributed by atoms with Crippen molar-refractivity contribution in [2.45, 2.75) is 6.18 Å². The summed E-state index contributed by atoms with van der Waals surface area (Å²) in [5.41, 5.74) is -0.518. The third kappa shape index (κ3) is 2.75. The average molecular weight is 300 g/mol. The van der Waals surface area contributed by atoms with Crippen LogP contribution in [-0.2, 0) is 6.18 Å². The van der Waals surface area contributed by atoms with Crippen molar-refractivity contribution in [2.75, 3.05) is 0 Å². The molecule has 0 saturated heterocycles. The lowest BCUT2D eigenvalue weighted by Gasteiger charge is -2.11. The van der Waals surface area contributed by atoms with Gasteiger partial charge in [0.1, 0.15) is 5.82 Å². The van der Waals surface area contributed by atoms with Crippen molar-refractivity contribution >= 4 is 11.6 Å². The van der Waals surface area contributed by atoms with Crippen LogP contribution < -0.4 is 0 Å². The maximum absolute atomic E-state index is 13.1. The van der Waals surface area contributed by atoms with Crippen molar-refractivity contribution in [2.24, 2.45) is 0 Å². The molecule has 0 saturated carbocycles. The van der Waals surface area contributed by atoms with Crippen LogP contribution in [0.15, 0.2) is 36.4 Å². The summed E-state index contributed by atoms with van der Waals surface area (Å²) in [6.07, 6.45) is -4.52. The molecular formula is C14H6ClF4N. The van der Waals surface area contributed by atoms with Crippen molar-refractivity contribution in [1.82, 2.24) is 0 Å². The van der Waals surface area contributed by atoms with E-state index in [0.29, 0.717) is 0 Å². The van der Waals surface area contributed by atoms with Crippen molar-refractivity contribution in [3.05, 3.63) is 58.4 Å². The highest BCUT2D eigenvalue weighted by atomic mass is 35.5. The van der Waals surface area contributed by atoms with Gasteiger partial charge in [-0.05, 0) is 35.9 Å². The quantitative estimate of drug-likeness (QED) is 0.677. The molecule has 2 aromatic rings. The molecular weight excluding hydrogens is 294 g/mol. The Morgan fingerprint density at radius 2 is 1.75 bits per heavy atom. The summed E-state index contributed by atoms with van der Waals surface area (Å²) in [6.45, 7) is 0. The molecule has 102 valence electrons. The highest BCUT2D eigenvalue weighted by Gasteiger charge is 2.31.